The highest BCUT2D eigenvalue weighted by molar-refractivity contribution is 9.10. The van der Waals surface area contributed by atoms with Gasteiger partial charge in [-0.25, -0.2) is 0 Å². The lowest BCUT2D eigenvalue weighted by atomic mass is 10.2. The Balaban J connectivity index is 1.76. The summed E-state index contributed by atoms with van der Waals surface area (Å²) in [6.45, 7) is 0.434. The van der Waals surface area contributed by atoms with Crippen molar-refractivity contribution in [2.75, 3.05) is 6.54 Å². The van der Waals surface area contributed by atoms with E-state index < -0.39 is 5.97 Å². The molecule has 126 valence electrons. The number of carbonyl (C=O) groups is 2. The first-order valence-corrected chi connectivity index (χ1v) is 8.54. The number of rotatable bonds is 7. The van der Waals surface area contributed by atoms with Crippen molar-refractivity contribution >= 4 is 27.8 Å². The van der Waals surface area contributed by atoms with Crippen LogP contribution < -0.4 is 0 Å². The summed E-state index contributed by atoms with van der Waals surface area (Å²) in [5.41, 5.74) is 1.14. The molecule has 1 aliphatic rings. The lowest BCUT2D eigenvalue weighted by Crippen LogP contribution is -2.32. The van der Waals surface area contributed by atoms with Gasteiger partial charge in [0, 0.05) is 29.5 Å². The van der Waals surface area contributed by atoms with E-state index >= 15 is 0 Å². The number of nitrogens with zero attached hydrogens (tertiary/aromatic N) is 2. The van der Waals surface area contributed by atoms with Crippen LogP contribution in [0.5, 0.6) is 0 Å². The summed E-state index contributed by atoms with van der Waals surface area (Å²) in [5.74, 6) is -0.150. The average molecular weight is 393 g/mol. The van der Waals surface area contributed by atoms with Gasteiger partial charge in [-0.05, 0) is 30.5 Å². The molecule has 0 bridgehead atoms. The van der Waals surface area contributed by atoms with E-state index in [4.69, 9.17) is 9.63 Å². The molecule has 0 aliphatic heterocycles. The molecule has 1 N–H and O–H groups in total. The molecule has 1 aromatic carbocycles. The van der Waals surface area contributed by atoms with E-state index in [0.29, 0.717) is 12.5 Å². The van der Waals surface area contributed by atoms with E-state index in [-0.39, 0.29) is 24.6 Å². The van der Waals surface area contributed by atoms with Gasteiger partial charge in [-0.1, -0.05) is 33.2 Å². The number of carbonyl (C=O) groups excluding carboxylic acids is 1. The monoisotopic (exact) mass is 392 g/mol. The number of halogens is 1. The largest absolute Gasteiger partial charge is 0.481 e. The number of aliphatic carboxylic acids is 1. The van der Waals surface area contributed by atoms with Crippen LogP contribution in [0.3, 0.4) is 0 Å². The summed E-state index contributed by atoms with van der Waals surface area (Å²) < 4.78 is 6.14. The minimum Gasteiger partial charge on any atom is -0.481 e. The third kappa shape index (κ3) is 4.23. The van der Waals surface area contributed by atoms with E-state index in [2.05, 4.69) is 21.1 Å². The van der Waals surface area contributed by atoms with Crippen molar-refractivity contribution in [3.05, 3.63) is 51.8 Å². The van der Waals surface area contributed by atoms with E-state index in [1.807, 2.05) is 24.3 Å². The highest BCUT2D eigenvalue weighted by Gasteiger charge is 2.30. The normalized spacial score (nSPS) is 13.7. The predicted molar refractivity (Wildman–Crippen MR) is 89.6 cm³/mol. The van der Waals surface area contributed by atoms with Crippen LogP contribution in [0.2, 0.25) is 0 Å². The van der Waals surface area contributed by atoms with Crippen LogP contribution in [0.15, 0.2) is 39.3 Å². The maximum absolute atomic E-state index is 12.7. The summed E-state index contributed by atoms with van der Waals surface area (Å²) in [6.07, 6.45) is 2.00. The first kappa shape index (κ1) is 16.7. The Hall–Kier alpha value is -2.15. The Labute approximate surface area is 147 Å². The highest BCUT2D eigenvalue weighted by atomic mass is 79.9. The van der Waals surface area contributed by atoms with Crippen molar-refractivity contribution in [1.82, 2.24) is 10.1 Å². The SMILES string of the molecule is O=C(O)CCN(Cc1cccc(Br)c1)C(=O)c1cc(C2CC2)on1. The van der Waals surface area contributed by atoms with Crippen LogP contribution >= 0.6 is 15.9 Å². The number of hydrogen-bond acceptors (Lipinski definition) is 4. The molecular weight excluding hydrogens is 376 g/mol. The minimum atomic E-state index is -0.944. The van der Waals surface area contributed by atoms with Gasteiger partial charge in [0.15, 0.2) is 5.69 Å². The van der Waals surface area contributed by atoms with Crippen LogP contribution in [0.25, 0.3) is 0 Å². The molecule has 1 saturated carbocycles. The Morgan fingerprint density at radius 2 is 2.12 bits per heavy atom. The summed E-state index contributed by atoms with van der Waals surface area (Å²) >= 11 is 3.40. The predicted octanol–water partition coefficient (Wildman–Crippen LogP) is 3.43. The van der Waals surface area contributed by atoms with Crippen LogP contribution in [0.1, 0.15) is 47.0 Å². The first-order chi connectivity index (χ1) is 11.5. The lowest BCUT2D eigenvalue weighted by Gasteiger charge is -2.21. The van der Waals surface area contributed by atoms with Gasteiger partial charge in [-0.2, -0.15) is 0 Å². The molecule has 3 rings (SSSR count). The molecule has 1 aliphatic carbocycles. The average Bonchev–Trinajstić information content (AvgIpc) is 3.28. The number of amides is 1. The summed E-state index contributed by atoms with van der Waals surface area (Å²) in [6, 6.07) is 9.24. The minimum absolute atomic E-state index is 0.117. The zero-order valence-corrected chi connectivity index (χ0v) is 14.5. The van der Waals surface area contributed by atoms with Crippen LogP contribution in [0, 0.1) is 0 Å². The molecule has 2 aromatic rings. The van der Waals surface area contributed by atoms with E-state index in [0.717, 1.165) is 28.6 Å². The summed E-state index contributed by atoms with van der Waals surface area (Å²) in [4.78, 5) is 25.1. The van der Waals surface area contributed by atoms with E-state index in [1.54, 1.807) is 6.07 Å². The molecular formula is C17H17BrN2O4. The molecule has 0 saturated heterocycles. The standard InChI is InChI=1S/C17H17BrN2O4/c18-13-3-1-2-11(8-13)10-20(7-6-16(21)22)17(23)14-9-15(24-19-14)12-4-5-12/h1-3,8-9,12H,4-7,10H2,(H,21,22). The fourth-order valence-corrected chi connectivity index (χ4v) is 2.90. The number of benzene rings is 1. The fraction of sp³-hybridized carbons (Fsp3) is 0.353. The molecule has 1 heterocycles. The molecule has 1 amide bonds. The second-order valence-corrected chi connectivity index (χ2v) is 6.80. The molecule has 1 fully saturated rings. The van der Waals surface area contributed by atoms with Crippen molar-refractivity contribution in [2.24, 2.45) is 0 Å². The van der Waals surface area contributed by atoms with Gasteiger partial charge in [-0.3, -0.25) is 9.59 Å². The third-order valence-corrected chi connectivity index (χ3v) is 4.37. The zero-order chi connectivity index (χ0) is 17.1. The van der Waals surface area contributed by atoms with Gasteiger partial charge in [0.05, 0.1) is 6.42 Å². The summed E-state index contributed by atoms with van der Waals surface area (Å²) in [7, 11) is 0. The van der Waals surface area contributed by atoms with Gasteiger partial charge in [-0.15, -0.1) is 0 Å². The molecule has 1 aromatic heterocycles. The molecule has 0 radical (unpaired) electrons. The van der Waals surface area contributed by atoms with Crippen molar-refractivity contribution in [2.45, 2.75) is 31.7 Å². The smallest absolute Gasteiger partial charge is 0.305 e. The maximum atomic E-state index is 12.7. The number of carboxylic acid groups (broad SMARTS) is 1. The third-order valence-electron chi connectivity index (χ3n) is 3.87. The molecule has 0 spiro atoms. The van der Waals surface area contributed by atoms with Gasteiger partial charge < -0.3 is 14.5 Å². The van der Waals surface area contributed by atoms with Crippen LogP contribution in [0.4, 0.5) is 0 Å². The van der Waals surface area contributed by atoms with Gasteiger partial charge in [0.2, 0.25) is 0 Å². The second kappa shape index (κ2) is 7.17. The molecule has 6 nitrogen and oxygen atoms in total. The van der Waals surface area contributed by atoms with Crippen LogP contribution in [-0.4, -0.2) is 33.6 Å². The zero-order valence-electron chi connectivity index (χ0n) is 12.9. The topological polar surface area (TPSA) is 83.6 Å². The summed E-state index contributed by atoms with van der Waals surface area (Å²) in [5, 5.41) is 12.8. The Kier molecular flexibility index (Phi) is 4.99. The fourth-order valence-electron chi connectivity index (χ4n) is 2.45. The molecule has 0 atom stereocenters. The molecule has 7 heteroatoms. The highest BCUT2D eigenvalue weighted by Crippen LogP contribution is 2.40. The number of aromatic nitrogens is 1. The van der Waals surface area contributed by atoms with Crippen molar-refractivity contribution in [3.8, 4) is 0 Å². The van der Waals surface area contributed by atoms with Gasteiger partial charge in [0.25, 0.3) is 5.91 Å². The van der Waals surface area contributed by atoms with E-state index in [9.17, 15) is 9.59 Å². The quantitative estimate of drug-likeness (QED) is 0.779. The van der Waals surface area contributed by atoms with Crippen molar-refractivity contribution in [3.63, 3.8) is 0 Å². The Bertz CT molecular complexity index is 755. The van der Waals surface area contributed by atoms with Gasteiger partial charge in [0.1, 0.15) is 5.76 Å². The maximum Gasteiger partial charge on any atom is 0.305 e. The van der Waals surface area contributed by atoms with E-state index in [1.165, 1.54) is 4.90 Å². The van der Waals surface area contributed by atoms with Crippen molar-refractivity contribution in [1.29, 1.82) is 0 Å². The first-order valence-electron chi connectivity index (χ1n) is 7.75. The van der Waals surface area contributed by atoms with Crippen molar-refractivity contribution < 1.29 is 19.2 Å². The molecule has 24 heavy (non-hydrogen) atoms. The van der Waals surface area contributed by atoms with Gasteiger partial charge >= 0.3 is 5.97 Å². The number of carboxylic acids is 1. The number of hydrogen-bond donors (Lipinski definition) is 1. The lowest BCUT2D eigenvalue weighted by molar-refractivity contribution is -0.137. The second-order valence-electron chi connectivity index (χ2n) is 5.89. The Morgan fingerprint density at radius 3 is 2.79 bits per heavy atom. The molecule has 0 unspecified atom stereocenters. The van der Waals surface area contributed by atoms with Crippen LogP contribution in [-0.2, 0) is 11.3 Å². The Morgan fingerprint density at radius 1 is 1.33 bits per heavy atom.